The molecule has 0 aliphatic carbocycles. The number of rotatable bonds is 3. The lowest BCUT2D eigenvalue weighted by molar-refractivity contribution is 0.617. The second-order valence-corrected chi connectivity index (χ2v) is 5.14. The first-order valence-electron chi connectivity index (χ1n) is 4.92. The van der Waals surface area contributed by atoms with E-state index in [9.17, 15) is 4.39 Å². The van der Waals surface area contributed by atoms with Gasteiger partial charge in [0.2, 0.25) is 0 Å². The molecule has 2 aromatic rings. The van der Waals surface area contributed by atoms with Crippen LogP contribution in [-0.4, -0.2) is 9.97 Å². The van der Waals surface area contributed by atoms with Gasteiger partial charge in [-0.25, -0.2) is 14.4 Å². The fraction of sp³-hybridized carbons (Fsp3) is 0.0909. The van der Waals surface area contributed by atoms with Gasteiger partial charge in [0.25, 0.3) is 0 Å². The molecule has 3 nitrogen and oxygen atoms in total. The maximum absolute atomic E-state index is 13.6. The van der Waals surface area contributed by atoms with E-state index >= 15 is 0 Å². The van der Waals surface area contributed by atoms with Gasteiger partial charge in [-0.1, -0.05) is 47.1 Å². The van der Waals surface area contributed by atoms with Crippen molar-refractivity contribution in [1.29, 1.82) is 0 Å². The van der Waals surface area contributed by atoms with Crippen LogP contribution in [0.4, 0.5) is 10.2 Å². The van der Waals surface area contributed by atoms with Crippen molar-refractivity contribution in [2.24, 2.45) is 0 Å². The molecule has 0 saturated carbocycles. The number of halogens is 3. The van der Waals surface area contributed by atoms with Gasteiger partial charge in [0.15, 0.2) is 5.16 Å². The van der Waals surface area contributed by atoms with E-state index < -0.39 is 5.82 Å². The molecule has 7 heteroatoms. The summed E-state index contributed by atoms with van der Waals surface area (Å²) in [5.41, 5.74) is 6.02. The van der Waals surface area contributed by atoms with Crippen LogP contribution in [0.15, 0.2) is 29.4 Å². The van der Waals surface area contributed by atoms with Crippen LogP contribution >= 0.6 is 35.0 Å². The number of nitrogens with zero attached hydrogens (tertiary/aromatic N) is 2. The van der Waals surface area contributed by atoms with E-state index in [0.29, 0.717) is 16.5 Å². The minimum atomic E-state index is -0.429. The van der Waals surface area contributed by atoms with Gasteiger partial charge in [0.05, 0.1) is 5.02 Å². The van der Waals surface area contributed by atoms with Crippen molar-refractivity contribution in [3.8, 4) is 0 Å². The van der Waals surface area contributed by atoms with E-state index in [1.165, 1.54) is 23.9 Å². The van der Waals surface area contributed by atoms with E-state index in [4.69, 9.17) is 28.9 Å². The molecule has 0 aliphatic rings. The molecular formula is C11H8Cl2FN3S. The smallest absolute Gasteiger partial charge is 0.191 e. The molecule has 0 atom stereocenters. The van der Waals surface area contributed by atoms with Crippen molar-refractivity contribution in [3.63, 3.8) is 0 Å². The van der Waals surface area contributed by atoms with Crippen molar-refractivity contribution in [2.75, 3.05) is 5.73 Å². The molecule has 0 amide bonds. The van der Waals surface area contributed by atoms with Gasteiger partial charge in [-0.2, -0.15) is 0 Å². The van der Waals surface area contributed by atoms with Gasteiger partial charge < -0.3 is 5.73 Å². The van der Waals surface area contributed by atoms with Crippen molar-refractivity contribution in [1.82, 2.24) is 9.97 Å². The Balaban J connectivity index is 2.14. The Labute approximate surface area is 118 Å². The minimum Gasteiger partial charge on any atom is -0.384 e. The van der Waals surface area contributed by atoms with E-state index in [1.54, 1.807) is 12.1 Å². The normalized spacial score (nSPS) is 10.6. The number of nitrogen functional groups attached to an aromatic ring is 1. The van der Waals surface area contributed by atoms with E-state index in [0.717, 1.165) is 0 Å². The van der Waals surface area contributed by atoms with Crippen molar-refractivity contribution in [2.45, 2.75) is 10.9 Å². The average molecular weight is 304 g/mol. The van der Waals surface area contributed by atoms with Crippen molar-refractivity contribution < 1.29 is 4.39 Å². The summed E-state index contributed by atoms with van der Waals surface area (Å²) >= 11 is 12.7. The largest absolute Gasteiger partial charge is 0.384 e. The third-order valence-corrected chi connectivity index (χ3v) is 3.46. The van der Waals surface area contributed by atoms with Crippen LogP contribution in [0, 0.1) is 5.82 Å². The molecule has 1 heterocycles. The zero-order valence-electron chi connectivity index (χ0n) is 9.03. The zero-order valence-corrected chi connectivity index (χ0v) is 11.4. The lowest BCUT2D eigenvalue weighted by atomic mass is 10.2. The number of anilines is 1. The lowest BCUT2D eigenvalue weighted by Gasteiger charge is -2.04. The maximum Gasteiger partial charge on any atom is 0.191 e. The molecule has 2 N–H and O–H groups in total. The summed E-state index contributed by atoms with van der Waals surface area (Å²) in [6.07, 6.45) is 0. The maximum atomic E-state index is 13.6. The lowest BCUT2D eigenvalue weighted by Crippen LogP contribution is -1.95. The first-order valence-corrected chi connectivity index (χ1v) is 6.66. The number of aromatic nitrogens is 2. The van der Waals surface area contributed by atoms with Crippen LogP contribution in [0.3, 0.4) is 0 Å². The molecule has 0 aliphatic heterocycles. The third-order valence-electron chi connectivity index (χ3n) is 2.08. The first kappa shape index (κ1) is 13.4. The van der Waals surface area contributed by atoms with Crippen molar-refractivity contribution >= 4 is 40.8 Å². The number of hydrogen-bond donors (Lipinski definition) is 1. The number of benzene rings is 1. The second-order valence-electron chi connectivity index (χ2n) is 3.40. The molecule has 94 valence electrons. The highest BCUT2D eigenvalue weighted by Crippen LogP contribution is 2.25. The van der Waals surface area contributed by atoms with Crippen LogP contribution in [0.25, 0.3) is 0 Å². The van der Waals surface area contributed by atoms with E-state index in [2.05, 4.69) is 9.97 Å². The van der Waals surface area contributed by atoms with Gasteiger partial charge >= 0.3 is 0 Å². The summed E-state index contributed by atoms with van der Waals surface area (Å²) in [5.74, 6) is 0.206. The Morgan fingerprint density at radius 2 is 2.06 bits per heavy atom. The number of thioether (sulfide) groups is 1. The second kappa shape index (κ2) is 5.73. The summed E-state index contributed by atoms with van der Waals surface area (Å²) in [6, 6.07) is 6.29. The average Bonchev–Trinajstić information content (AvgIpc) is 2.30. The highest BCUT2D eigenvalue weighted by atomic mass is 35.5. The van der Waals surface area contributed by atoms with Crippen LogP contribution < -0.4 is 5.73 Å². The van der Waals surface area contributed by atoms with Crippen LogP contribution in [-0.2, 0) is 5.75 Å². The first-order chi connectivity index (χ1) is 8.56. The Kier molecular flexibility index (Phi) is 4.27. The summed E-state index contributed by atoms with van der Waals surface area (Å²) < 4.78 is 13.6. The highest BCUT2D eigenvalue weighted by Gasteiger charge is 2.08. The number of hydrogen-bond acceptors (Lipinski definition) is 4. The molecular weight excluding hydrogens is 296 g/mol. The van der Waals surface area contributed by atoms with Crippen LogP contribution in [0.1, 0.15) is 5.56 Å². The fourth-order valence-electron chi connectivity index (χ4n) is 1.28. The summed E-state index contributed by atoms with van der Waals surface area (Å²) in [5, 5.41) is 0.760. The highest BCUT2D eigenvalue weighted by molar-refractivity contribution is 7.98. The van der Waals surface area contributed by atoms with Crippen molar-refractivity contribution in [3.05, 3.63) is 45.8 Å². The predicted octanol–water partition coefficient (Wildman–Crippen LogP) is 3.80. The Hall–Kier alpha value is -1.04. The summed E-state index contributed by atoms with van der Waals surface area (Å²) in [4.78, 5) is 7.97. The SMILES string of the molecule is Nc1cc(Cl)nc(SCc2cccc(Cl)c2F)n1. The van der Waals surface area contributed by atoms with Gasteiger partial charge in [-0.05, 0) is 11.6 Å². The third kappa shape index (κ3) is 3.25. The zero-order chi connectivity index (χ0) is 13.1. The Morgan fingerprint density at radius 1 is 1.28 bits per heavy atom. The fourth-order valence-corrected chi connectivity index (χ4v) is 2.56. The van der Waals surface area contributed by atoms with Gasteiger partial charge in [0, 0.05) is 11.8 Å². The molecule has 0 bridgehead atoms. The van der Waals surface area contributed by atoms with E-state index in [-0.39, 0.29) is 16.0 Å². The molecule has 0 unspecified atom stereocenters. The molecule has 0 radical (unpaired) electrons. The molecule has 0 spiro atoms. The number of nitrogens with two attached hydrogens (primary N) is 1. The van der Waals surface area contributed by atoms with Crippen LogP contribution in [0.2, 0.25) is 10.2 Å². The molecule has 0 fully saturated rings. The molecule has 1 aromatic heterocycles. The topological polar surface area (TPSA) is 51.8 Å². The molecule has 1 aromatic carbocycles. The Bertz CT molecular complexity index is 560. The van der Waals surface area contributed by atoms with Gasteiger partial charge in [-0.3, -0.25) is 0 Å². The summed E-state index contributed by atoms with van der Waals surface area (Å²) in [6.45, 7) is 0. The predicted molar refractivity (Wildman–Crippen MR) is 72.4 cm³/mol. The summed E-state index contributed by atoms with van der Waals surface area (Å²) in [7, 11) is 0. The standard InChI is InChI=1S/C11H8Cl2FN3S/c12-7-3-1-2-6(10(7)14)5-18-11-16-8(13)4-9(15)17-11/h1-4H,5H2,(H2,15,16,17). The Morgan fingerprint density at radius 3 is 2.78 bits per heavy atom. The van der Waals surface area contributed by atoms with E-state index in [1.807, 2.05) is 0 Å². The monoisotopic (exact) mass is 303 g/mol. The van der Waals surface area contributed by atoms with Gasteiger partial charge in [0.1, 0.15) is 16.8 Å². The van der Waals surface area contributed by atoms with Gasteiger partial charge in [-0.15, -0.1) is 0 Å². The molecule has 2 rings (SSSR count). The molecule has 0 saturated heterocycles. The quantitative estimate of drug-likeness (QED) is 0.532. The van der Waals surface area contributed by atoms with Crippen LogP contribution in [0.5, 0.6) is 0 Å². The minimum absolute atomic E-state index is 0.0969. The molecule has 18 heavy (non-hydrogen) atoms.